The van der Waals surface area contributed by atoms with Gasteiger partial charge in [-0.25, -0.2) is 0 Å². The highest BCUT2D eigenvalue weighted by Crippen LogP contribution is 2.31. The van der Waals surface area contributed by atoms with Crippen LogP contribution in [-0.2, 0) is 0 Å². The number of nitrogen functional groups attached to an aromatic ring is 1. The van der Waals surface area contributed by atoms with E-state index in [1.807, 2.05) is 0 Å². The second-order valence-corrected chi connectivity index (χ2v) is 5.81. The standard InChI is InChI=1S/C14H18Cl2N2O2/c15-12-8-9(17)7-11(13(12)16)14(20)18(5-6-19)10-3-1-2-4-10/h7-8,10,19H,1-6,17H2. The summed E-state index contributed by atoms with van der Waals surface area (Å²) >= 11 is 12.1. The van der Waals surface area contributed by atoms with Crippen LogP contribution in [0.5, 0.6) is 0 Å². The molecule has 0 unspecified atom stereocenters. The van der Waals surface area contributed by atoms with Crippen LogP contribution in [0.4, 0.5) is 5.69 Å². The number of halogens is 2. The fourth-order valence-corrected chi connectivity index (χ4v) is 3.11. The summed E-state index contributed by atoms with van der Waals surface area (Å²) in [6.45, 7) is 0.224. The van der Waals surface area contributed by atoms with E-state index in [0.29, 0.717) is 17.8 Å². The zero-order valence-electron chi connectivity index (χ0n) is 11.1. The van der Waals surface area contributed by atoms with Gasteiger partial charge in [-0.2, -0.15) is 0 Å². The van der Waals surface area contributed by atoms with E-state index < -0.39 is 0 Å². The van der Waals surface area contributed by atoms with Crippen molar-refractivity contribution in [2.24, 2.45) is 0 Å². The molecule has 3 N–H and O–H groups in total. The number of benzene rings is 1. The number of nitrogens with zero attached hydrogens (tertiary/aromatic N) is 1. The van der Waals surface area contributed by atoms with E-state index in [1.54, 1.807) is 4.90 Å². The maximum Gasteiger partial charge on any atom is 0.255 e. The summed E-state index contributed by atoms with van der Waals surface area (Å²) in [7, 11) is 0. The Morgan fingerprint density at radius 3 is 2.60 bits per heavy atom. The Morgan fingerprint density at radius 1 is 1.35 bits per heavy atom. The van der Waals surface area contributed by atoms with Crippen LogP contribution in [0.3, 0.4) is 0 Å². The van der Waals surface area contributed by atoms with Gasteiger partial charge in [0.25, 0.3) is 5.91 Å². The molecule has 0 atom stereocenters. The Hall–Kier alpha value is -0.970. The maximum atomic E-state index is 12.7. The molecule has 20 heavy (non-hydrogen) atoms. The van der Waals surface area contributed by atoms with Crippen LogP contribution < -0.4 is 5.73 Å². The average molecular weight is 317 g/mol. The molecule has 1 aliphatic rings. The molecular formula is C14H18Cl2N2O2. The third-order valence-electron chi connectivity index (χ3n) is 3.65. The number of anilines is 1. The number of rotatable bonds is 4. The molecule has 4 nitrogen and oxygen atoms in total. The molecule has 0 aliphatic heterocycles. The Morgan fingerprint density at radius 2 is 2.00 bits per heavy atom. The Kier molecular flexibility index (Phi) is 5.13. The number of hydrogen-bond acceptors (Lipinski definition) is 3. The van der Waals surface area contributed by atoms with Gasteiger partial charge >= 0.3 is 0 Å². The topological polar surface area (TPSA) is 66.6 Å². The minimum absolute atomic E-state index is 0.0735. The van der Waals surface area contributed by atoms with Gasteiger partial charge in [0, 0.05) is 18.3 Å². The van der Waals surface area contributed by atoms with E-state index in [-0.39, 0.29) is 28.6 Å². The van der Waals surface area contributed by atoms with Gasteiger partial charge in [0.1, 0.15) is 0 Å². The molecule has 1 amide bonds. The number of nitrogens with two attached hydrogens (primary N) is 1. The van der Waals surface area contributed by atoms with Crippen LogP contribution in [0, 0.1) is 0 Å². The predicted octanol–water partition coefficient (Wildman–Crippen LogP) is 2.95. The average Bonchev–Trinajstić information content (AvgIpc) is 2.93. The Labute approximate surface area is 128 Å². The van der Waals surface area contributed by atoms with E-state index in [0.717, 1.165) is 25.7 Å². The number of amides is 1. The fraction of sp³-hybridized carbons (Fsp3) is 0.500. The third-order valence-corrected chi connectivity index (χ3v) is 4.45. The van der Waals surface area contributed by atoms with Gasteiger partial charge in [0.15, 0.2) is 0 Å². The van der Waals surface area contributed by atoms with Crippen molar-refractivity contribution in [3.05, 3.63) is 27.7 Å². The largest absolute Gasteiger partial charge is 0.399 e. The zero-order chi connectivity index (χ0) is 14.7. The van der Waals surface area contributed by atoms with Gasteiger partial charge in [0.05, 0.1) is 22.2 Å². The van der Waals surface area contributed by atoms with Crippen molar-refractivity contribution < 1.29 is 9.90 Å². The minimum atomic E-state index is -0.217. The molecule has 0 spiro atoms. The monoisotopic (exact) mass is 316 g/mol. The van der Waals surface area contributed by atoms with Crippen molar-refractivity contribution in [1.82, 2.24) is 4.90 Å². The lowest BCUT2D eigenvalue weighted by molar-refractivity contribution is 0.0638. The number of hydrogen-bond donors (Lipinski definition) is 2. The summed E-state index contributed by atoms with van der Waals surface area (Å²) in [5.41, 5.74) is 6.43. The van der Waals surface area contributed by atoms with E-state index in [2.05, 4.69) is 0 Å². The first-order valence-corrected chi connectivity index (χ1v) is 7.46. The Balaban J connectivity index is 2.31. The van der Waals surface area contributed by atoms with Gasteiger partial charge < -0.3 is 15.7 Å². The second kappa shape index (κ2) is 6.66. The first kappa shape index (κ1) is 15.4. The SMILES string of the molecule is Nc1cc(Cl)c(Cl)c(C(=O)N(CCO)C2CCCC2)c1. The van der Waals surface area contributed by atoms with Crippen LogP contribution in [0.2, 0.25) is 10.0 Å². The van der Waals surface area contributed by atoms with Crippen molar-refractivity contribution in [3.63, 3.8) is 0 Å². The molecule has 110 valence electrons. The van der Waals surface area contributed by atoms with E-state index in [1.165, 1.54) is 12.1 Å². The van der Waals surface area contributed by atoms with Gasteiger partial charge in [-0.05, 0) is 25.0 Å². The normalized spacial score (nSPS) is 15.6. The molecule has 0 saturated heterocycles. The zero-order valence-corrected chi connectivity index (χ0v) is 12.6. The number of aliphatic hydroxyl groups is 1. The predicted molar refractivity (Wildman–Crippen MR) is 81.3 cm³/mol. The summed E-state index contributed by atoms with van der Waals surface area (Å²) in [5, 5.41) is 9.68. The fourth-order valence-electron chi connectivity index (χ4n) is 2.69. The lowest BCUT2D eigenvalue weighted by atomic mass is 10.1. The number of carbonyl (C=O) groups excluding carboxylic acids is 1. The summed E-state index contributed by atoms with van der Waals surface area (Å²) in [5.74, 6) is -0.217. The van der Waals surface area contributed by atoms with Crippen molar-refractivity contribution in [2.45, 2.75) is 31.7 Å². The van der Waals surface area contributed by atoms with Gasteiger partial charge in [-0.3, -0.25) is 4.79 Å². The van der Waals surface area contributed by atoms with Crippen molar-refractivity contribution in [1.29, 1.82) is 0 Å². The molecule has 0 bridgehead atoms. The van der Waals surface area contributed by atoms with E-state index >= 15 is 0 Å². The molecular weight excluding hydrogens is 299 g/mol. The lowest BCUT2D eigenvalue weighted by Gasteiger charge is -2.29. The first-order chi connectivity index (χ1) is 9.54. The van der Waals surface area contributed by atoms with Crippen LogP contribution in [-0.4, -0.2) is 35.1 Å². The van der Waals surface area contributed by atoms with Crippen LogP contribution in [0.25, 0.3) is 0 Å². The highest BCUT2D eigenvalue weighted by Gasteiger charge is 2.28. The summed E-state index contributed by atoms with van der Waals surface area (Å²) < 4.78 is 0. The molecule has 1 aromatic carbocycles. The molecule has 1 saturated carbocycles. The van der Waals surface area contributed by atoms with E-state index in [4.69, 9.17) is 28.9 Å². The molecule has 0 heterocycles. The van der Waals surface area contributed by atoms with Gasteiger partial charge in [-0.15, -0.1) is 0 Å². The van der Waals surface area contributed by atoms with Crippen LogP contribution in [0.15, 0.2) is 12.1 Å². The molecule has 0 aromatic heterocycles. The molecule has 2 rings (SSSR count). The molecule has 1 aromatic rings. The molecule has 0 radical (unpaired) electrons. The summed E-state index contributed by atoms with van der Waals surface area (Å²) in [6, 6.07) is 3.22. The van der Waals surface area contributed by atoms with Crippen molar-refractivity contribution in [2.75, 3.05) is 18.9 Å². The van der Waals surface area contributed by atoms with Crippen molar-refractivity contribution in [3.8, 4) is 0 Å². The quantitative estimate of drug-likeness (QED) is 0.839. The second-order valence-electron chi connectivity index (χ2n) is 5.02. The molecule has 6 heteroatoms. The molecule has 1 fully saturated rings. The van der Waals surface area contributed by atoms with Crippen molar-refractivity contribution >= 4 is 34.8 Å². The number of aliphatic hydroxyl groups excluding tert-OH is 1. The van der Waals surface area contributed by atoms with Gasteiger partial charge in [-0.1, -0.05) is 36.0 Å². The minimum Gasteiger partial charge on any atom is -0.399 e. The lowest BCUT2D eigenvalue weighted by Crippen LogP contribution is -2.40. The molecule has 1 aliphatic carbocycles. The summed E-state index contributed by atoms with van der Waals surface area (Å²) in [4.78, 5) is 14.3. The number of carbonyl (C=O) groups is 1. The maximum absolute atomic E-state index is 12.7. The van der Waals surface area contributed by atoms with Crippen LogP contribution >= 0.6 is 23.2 Å². The van der Waals surface area contributed by atoms with Gasteiger partial charge in [0.2, 0.25) is 0 Å². The third kappa shape index (κ3) is 3.19. The van der Waals surface area contributed by atoms with Crippen LogP contribution in [0.1, 0.15) is 36.0 Å². The smallest absolute Gasteiger partial charge is 0.255 e. The summed E-state index contributed by atoms with van der Waals surface area (Å²) in [6.07, 6.45) is 4.12. The highest BCUT2D eigenvalue weighted by atomic mass is 35.5. The first-order valence-electron chi connectivity index (χ1n) is 6.71. The highest BCUT2D eigenvalue weighted by molar-refractivity contribution is 6.44. The van der Waals surface area contributed by atoms with E-state index in [9.17, 15) is 9.90 Å². The Bertz CT molecular complexity index is 502.